The minimum atomic E-state index is 0.524. The van der Waals surface area contributed by atoms with Crippen molar-refractivity contribution in [1.29, 1.82) is 5.26 Å². The highest BCUT2D eigenvalue weighted by Gasteiger charge is 1.94. The van der Waals surface area contributed by atoms with Gasteiger partial charge < -0.3 is 4.74 Å². The third-order valence-electron chi connectivity index (χ3n) is 1.38. The fourth-order valence-corrected chi connectivity index (χ4v) is 1.01. The normalized spacial score (nSPS) is 9.23. The van der Waals surface area contributed by atoms with Crippen molar-refractivity contribution in [3.8, 4) is 11.9 Å². The standard InChI is InChI=1S/C9H9BrN2O/c10-8-3-4-9(12-7-8)13-6-2-1-5-11/h3-4,7H,1-2,6H2. The van der Waals surface area contributed by atoms with Crippen LogP contribution in [0, 0.1) is 11.3 Å². The second kappa shape index (κ2) is 5.55. The summed E-state index contributed by atoms with van der Waals surface area (Å²) in [5.74, 6) is 0.598. The van der Waals surface area contributed by atoms with Crippen LogP contribution in [0.3, 0.4) is 0 Å². The Morgan fingerprint density at radius 2 is 2.38 bits per heavy atom. The van der Waals surface area contributed by atoms with Crippen LogP contribution in [0.2, 0.25) is 0 Å². The Morgan fingerprint density at radius 3 is 3.00 bits per heavy atom. The summed E-state index contributed by atoms with van der Waals surface area (Å²) in [6, 6.07) is 5.71. The zero-order valence-corrected chi connectivity index (χ0v) is 8.62. The van der Waals surface area contributed by atoms with Crippen LogP contribution < -0.4 is 4.74 Å². The SMILES string of the molecule is N#CCCCOc1ccc(Br)cn1. The minimum Gasteiger partial charge on any atom is -0.478 e. The van der Waals surface area contributed by atoms with Gasteiger partial charge in [0.25, 0.3) is 0 Å². The highest BCUT2D eigenvalue weighted by Crippen LogP contribution is 2.12. The minimum absolute atomic E-state index is 0.524. The first-order chi connectivity index (χ1) is 6.33. The van der Waals surface area contributed by atoms with E-state index in [1.807, 2.05) is 6.07 Å². The highest BCUT2D eigenvalue weighted by molar-refractivity contribution is 9.10. The molecule has 1 aromatic rings. The van der Waals surface area contributed by atoms with Crippen LogP contribution in [0.5, 0.6) is 5.88 Å². The lowest BCUT2D eigenvalue weighted by molar-refractivity contribution is 0.301. The monoisotopic (exact) mass is 240 g/mol. The highest BCUT2D eigenvalue weighted by atomic mass is 79.9. The molecule has 0 unspecified atom stereocenters. The second-order valence-corrected chi connectivity index (χ2v) is 3.34. The molecule has 0 aliphatic rings. The molecule has 0 N–H and O–H groups in total. The molecule has 0 aliphatic carbocycles. The summed E-state index contributed by atoms with van der Waals surface area (Å²) in [5, 5.41) is 8.27. The lowest BCUT2D eigenvalue weighted by Crippen LogP contribution is -1.97. The Bertz CT molecular complexity index is 291. The maximum absolute atomic E-state index is 8.27. The molecule has 13 heavy (non-hydrogen) atoms. The topological polar surface area (TPSA) is 45.9 Å². The lowest BCUT2D eigenvalue weighted by atomic mass is 10.3. The summed E-state index contributed by atoms with van der Waals surface area (Å²) >= 11 is 3.28. The van der Waals surface area contributed by atoms with Gasteiger partial charge in [-0.2, -0.15) is 5.26 Å². The molecule has 0 spiro atoms. The summed E-state index contributed by atoms with van der Waals surface area (Å²) < 4.78 is 6.21. The molecule has 0 fully saturated rings. The summed E-state index contributed by atoms with van der Waals surface area (Å²) in [6.07, 6.45) is 2.95. The molecule has 0 saturated carbocycles. The Morgan fingerprint density at radius 1 is 1.54 bits per heavy atom. The number of halogens is 1. The fourth-order valence-electron chi connectivity index (χ4n) is 0.776. The first kappa shape index (κ1) is 10.0. The van der Waals surface area contributed by atoms with Crippen molar-refractivity contribution >= 4 is 15.9 Å². The number of rotatable bonds is 4. The van der Waals surface area contributed by atoms with Crippen LogP contribution in [0.15, 0.2) is 22.8 Å². The number of nitrogens with zero attached hydrogens (tertiary/aromatic N) is 2. The van der Waals surface area contributed by atoms with Gasteiger partial charge in [-0.3, -0.25) is 0 Å². The number of unbranched alkanes of at least 4 members (excludes halogenated alkanes) is 1. The number of aromatic nitrogens is 1. The van der Waals surface area contributed by atoms with Crippen LogP contribution in [0.1, 0.15) is 12.8 Å². The maximum atomic E-state index is 8.27. The van der Waals surface area contributed by atoms with E-state index in [0.29, 0.717) is 18.9 Å². The van der Waals surface area contributed by atoms with E-state index in [1.54, 1.807) is 12.3 Å². The van der Waals surface area contributed by atoms with E-state index in [2.05, 4.69) is 27.0 Å². The summed E-state index contributed by atoms with van der Waals surface area (Å²) in [7, 11) is 0. The Labute approximate surface area is 85.5 Å². The van der Waals surface area contributed by atoms with Gasteiger partial charge in [0.05, 0.1) is 12.7 Å². The van der Waals surface area contributed by atoms with Gasteiger partial charge in [-0.05, 0) is 28.4 Å². The van der Waals surface area contributed by atoms with Crippen LogP contribution in [0.25, 0.3) is 0 Å². The fraction of sp³-hybridized carbons (Fsp3) is 0.333. The van der Waals surface area contributed by atoms with Gasteiger partial charge in [0.2, 0.25) is 5.88 Å². The average molecular weight is 241 g/mol. The number of pyridine rings is 1. The third-order valence-corrected chi connectivity index (χ3v) is 1.85. The van der Waals surface area contributed by atoms with Crippen molar-refractivity contribution in [2.75, 3.05) is 6.61 Å². The van der Waals surface area contributed by atoms with Crippen LogP contribution in [-0.4, -0.2) is 11.6 Å². The first-order valence-electron chi connectivity index (χ1n) is 3.94. The molecule has 1 rings (SSSR count). The van der Waals surface area contributed by atoms with E-state index in [9.17, 15) is 0 Å². The van der Waals surface area contributed by atoms with Crippen molar-refractivity contribution in [2.45, 2.75) is 12.8 Å². The number of ether oxygens (including phenoxy) is 1. The summed E-state index contributed by atoms with van der Waals surface area (Å²) in [6.45, 7) is 0.544. The Hall–Kier alpha value is -1.08. The van der Waals surface area contributed by atoms with Gasteiger partial charge in [0.1, 0.15) is 0 Å². The number of hydrogen-bond acceptors (Lipinski definition) is 3. The van der Waals surface area contributed by atoms with Gasteiger partial charge in [0.15, 0.2) is 0 Å². The zero-order valence-electron chi connectivity index (χ0n) is 7.03. The smallest absolute Gasteiger partial charge is 0.213 e. The Kier molecular flexibility index (Phi) is 4.27. The van der Waals surface area contributed by atoms with Crippen LogP contribution >= 0.6 is 15.9 Å². The van der Waals surface area contributed by atoms with Crippen molar-refractivity contribution in [3.05, 3.63) is 22.8 Å². The van der Waals surface area contributed by atoms with E-state index in [1.165, 1.54) is 0 Å². The van der Waals surface area contributed by atoms with Gasteiger partial charge >= 0.3 is 0 Å². The Balaban J connectivity index is 2.30. The molecule has 0 aromatic carbocycles. The third kappa shape index (κ3) is 3.90. The predicted molar refractivity (Wildman–Crippen MR) is 52.3 cm³/mol. The maximum Gasteiger partial charge on any atom is 0.213 e. The van der Waals surface area contributed by atoms with Crippen molar-refractivity contribution < 1.29 is 4.74 Å². The van der Waals surface area contributed by atoms with Gasteiger partial charge in [-0.15, -0.1) is 0 Å². The van der Waals surface area contributed by atoms with Crippen molar-refractivity contribution in [3.63, 3.8) is 0 Å². The van der Waals surface area contributed by atoms with Gasteiger partial charge in [0, 0.05) is 23.2 Å². The molecular formula is C9H9BrN2O. The molecule has 0 saturated heterocycles. The van der Waals surface area contributed by atoms with E-state index >= 15 is 0 Å². The van der Waals surface area contributed by atoms with E-state index in [0.717, 1.165) is 10.9 Å². The molecule has 0 aliphatic heterocycles. The molecule has 0 bridgehead atoms. The molecule has 3 nitrogen and oxygen atoms in total. The van der Waals surface area contributed by atoms with Gasteiger partial charge in [-0.1, -0.05) is 0 Å². The second-order valence-electron chi connectivity index (χ2n) is 2.42. The molecule has 1 heterocycles. The molecule has 4 heteroatoms. The molecule has 68 valence electrons. The summed E-state index contributed by atoms with van der Waals surface area (Å²) in [5.41, 5.74) is 0. The van der Waals surface area contributed by atoms with E-state index in [-0.39, 0.29) is 0 Å². The molecule has 0 amide bonds. The largest absolute Gasteiger partial charge is 0.478 e. The number of hydrogen-bond donors (Lipinski definition) is 0. The molecule has 0 atom stereocenters. The van der Waals surface area contributed by atoms with E-state index in [4.69, 9.17) is 10.00 Å². The van der Waals surface area contributed by atoms with Gasteiger partial charge in [-0.25, -0.2) is 4.98 Å². The van der Waals surface area contributed by atoms with Crippen molar-refractivity contribution in [2.24, 2.45) is 0 Å². The van der Waals surface area contributed by atoms with Crippen molar-refractivity contribution in [1.82, 2.24) is 4.98 Å². The van der Waals surface area contributed by atoms with E-state index < -0.39 is 0 Å². The number of nitriles is 1. The molecule has 1 aromatic heterocycles. The van der Waals surface area contributed by atoms with Crippen LogP contribution in [0.4, 0.5) is 0 Å². The summed E-state index contributed by atoms with van der Waals surface area (Å²) in [4.78, 5) is 4.02. The molecule has 0 radical (unpaired) electrons. The zero-order chi connectivity index (χ0) is 9.52. The lowest BCUT2D eigenvalue weighted by Gasteiger charge is -2.02. The average Bonchev–Trinajstić information content (AvgIpc) is 2.15. The predicted octanol–water partition coefficient (Wildman–Crippen LogP) is 2.53. The molecular weight excluding hydrogens is 232 g/mol. The quantitative estimate of drug-likeness (QED) is 0.761. The first-order valence-corrected chi connectivity index (χ1v) is 4.73. The van der Waals surface area contributed by atoms with Crippen LogP contribution in [-0.2, 0) is 0 Å².